The average Bonchev–Trinajstić information content (AvgIpc) is 2.80. The third kappa shape index (κ3) is 1.87. The van der Waals surface area contributed by atoms with Crippen LogP contribution < -0.4 is 0 Å². The maximum atomic E-state index is 11.8. The fraction of sp³-hybridized carbons (Fsp3) is 0.700. The van der Waals surface area contributed by atoms with Crippen molar-refractivity contribution in [2.45, 2.75) is 31.8 Å². The molecular weight excluding hydrogens is 214 g/mol. The molecule has 6 heteroatoms. The average molecular weight is 227 g/mol. The first kappa shape index (κ1) is 10.9. The number of carbonyl (C=O) groups excluding carboxylic acids is 2. The molecule has 2 aliphatic rings. The van der Waals surface area contributed by atoms with Crippen LogP contribution in [0.2, 0.25) is 0 Å². The lowest BCUT2D eigenvalue weighted by Gasteiger charge is -2.13. The topological polar surface area (TPSA) is 83.9 Å². The summed E-state index contributed by atoms with van der Waals surface area (Å²) < 4.78 is 4.95. The predicted molar refractivity (Wildman–Crippen MR) is 51.6 cm³/mol. The van der Waals surface area contributed by atoms with E-state index in [0.717, 1.165) is 25.7 Å². The van der Waals surface area contributed by atoms with Crippen molar-refractivity contribution < 1.29 is 24.2 Å². The minimum atomic E-state index is -1.21. The number of amides is 2. The third-order valence-corrected chi connectivity index (χ3v) is 3.08. The van der Waals surface area contributed by atoms with E-state index in [1.165, 1.54) is 0 Å². The SMILES string of the molecule is O=C(O)CN1C(=O)O[C@@H](C2CCCC2)C1=O. The number of ether oxygens (including phenoxy) is 1. The van der Waals surface area contributed by atoms with Crippen LogP contribution in [0.25, 0.3) is 0 Å². The normalized spacial score (nSPS) is 26.2. The van der Waals surface area contributed by atoms with Gasteiger partial charge >= 0.3 is 12.1 Å². The van der Waals surface area contributed by atoms with Gasteiger partial charge in [0, 0.05) is 5.92 Å². The van der Waals surface area contributed by atoms with Gasteiger partial charge in [0.1, 0.15) is 6.54 Å². The quantitative estimate of drug-likeness (QED) is 0.763. The van der Waals surface area contributed by atoms with Gasteiger partial charge in [-0.25, -0.2) is 9.69 Å². The zero-order chi connectivity index (χ0) is 11.7. The summed E-state index contributed by atoms with van der Waals surface area (Å²) in [5.41, 5.74) is 0. The van der Waals surface area contributed by atoms with Gasteiger partial charge in [0.2, 0.25) is 0 Å². The van der Waals surface area contributed by atoms with E-state index >= 15 is 0 Å². The predicted octanol–water partition coefficient (Wildman–Crippen LogP) is 0.609. The highest BCUT2D eigenvalue weighted by Gasteiger charge is 2.46. The zero-order valence-electron chi connectivity index (χ0n) is 8.72. The van der Waals surface area contributed by atoms with E-state index in [1.54, 1.807) is 0 Å². The number of hydrogen-bond donors (Lipinski definition) is 1. The van der Waals surface area contributed by atoms with Gasteiger partial charge in [0.05, 0.1) is 0 Å². The Morgan fingerprint density at radius 3 is 2.56 bits per heavy atom. The van der Waals surface area contributed by atoms with E-state index in [9.17, 15) is 14.4 Å². The molecule has 16 heavy (non-hydrogen) atoms. The first-order valence-electron chi connectivity index (χ1n) is 5.33. The third-order valence-electron chi connectivity index (χ3n) is 3.08. The Hall–Kier alpha value is -1.59. The van der Waals surface area contributed by atoms with Crippen LogP contribution in [0.4, 0.5) is 4.79 Å². The van der Waals surface area contributed by atoms with Gasteiger partial charge in [-0.2, -0.15) is 0 Å². The number of nitrogens with zero attached hydrogens (tertiary/aromatic N) is 1. The molecule has 88 valence electrons. The lowest BCUT2D eigenvalue weighted by Crippen LogP contribution is -2.37. The van der Waals surface area contributed by atoms with E-state index in [-0.39, 0.29) is 5.92 Å². The largest absolute Gasteiger partial charge is 0.480 e. The van der Waals surface area contributed by atoms with E-state index in [1.807, 2.05) is 0 Å². The second-order valence-electron chi connectivity index (χ2n) is 4.17. The summed E-state index contributed by atoms with van der Waals surface area (Å²) in [5, 5.41) is 8.56. The van der Waals surface area contributed by atoms with Crippen molar-refractivity contribution in [1.82, 2.24) is 4.90 Å². The number of carbonyl (C=O) groups is 3. The van der Waals surface area contributed by atoms with Crippen LogP contribution in [0.5, 0.6) is 0 Å². The fourth-order valence-corrected chi connectivity index (χ4v) is 2.30. The molecule has 1 aliphatic carbocycles. The van der Waals surface area contributed by atoms with Crippen LogP contribution in [0.3, 0.4) is 0 Å². The zero-order valence-corrected chi connectivity index (χ0v) is 8.72. The Balaban J connectivity index is 2.06. The summed E-state index contributed by atoms with van der Waals surface area (Å²) in [5.74, 6) is -1.65. The molecule has 1 saturated carbocycles. The number of cyclic esters (lactones) is 1. The van der Waals surface area contributed by atoms with Crippen LogP contribution in [0.1, 0.15) is 25.7 Å². The van der Waals surface area contributed by atoms with Gasteiger partial charge in [0.15, 0.2) is 6.10 Å². The maximum absolute atomic E-state index is 11.8. The van der Waals surface area contributed by atoms with Gasteiger partial charge in [0.25, 0.3) is 5.91 Å². The lowest BCUT2D eigenvalue weighted by molar-refractivity contribution is -0.142. The molecule has 0 aromatic carbocycles. The highest BCUT2D eigenvalue weighted by atomic mass is 16.6. The molecule has 2 rings (SSSR count). The summed E-state index contributed by atoms with van der Waals surface area (Å²) in [4.78, 5) is 34.2. The highest BCUT2D eigenvalue weighted by molar-refractivity contribution is 6.02. The Bertz CT molecular complexity index is 334. The van der Waals surface area contributed by atoms with Crippen LogP contribution in [-0.2, 0) is 14.3 Å². The molecule has 0 radical (unpaired) electrons. The molecule has 6 nitrogen and oxygen atoms in total. The van der Waals surface area contributed by atoms with Gasteiger partial charge in [-0.05, 0) is 12.8 Å². The minimum absolute atomic E-state index is 0.0650. The summed E-state index contributed by atoms with van der Waals surface area (Å²) >= 11 is 0. The monoisotopic (exact) mass is 227 g/mol. The first-order valence-corrected chi connectivity index (χ1v) is 5.33. The molecule has 2 amide bonds. The van der Waals surface area contributed by atoms with Gasteiger partial charge in [-0.15, -0.1) is 0 Å². The molecule has 2 fully saturated rings. The van der Waals surface area contributed by atoms with Crippen molar-refractivity contribution in [2.75, 3.05) is 6.54 Å². The van der Waals surface area contributed by atoms with Gasteiger partial charge in [-0.3, -0.25) is 9.59 Å². The second kappa shape index (κ2) is 4.11. The van der Waals surface area contributed by atoms with Crippen LogP contribution >= 0.6 is 0 Å². The van der Waals surface area contributed by atoms with E-state index in [2.05, 4.69) is 0 Å². The van der Waals surface area contributed by atoms with Gasteiger partial charge in [-0.1, -0.05) is 12.8 Å². The number of carboxylic acid groups (broad SMARTS) is 1. The molecule has 1 heterocycles. The molecular formula is C10H13NO5. The van der Waals surface area contributed by atoms with Crippen LogP contribution in [-0.4, -0.2) is 40.6 Å². The van der Waals surface area contributed by atoms with Crippen molar-refractivity contribution in [1.29, 1.82) is 0 Å². The summed E-state index contributed by atoms with van der Waals surface area (Å²) in [7, 11) is 0. The number of rotatable bonds is 3. The van der Waals surface area contributed by atoms with Gasteiger partial charge < -0.3 is 9.84 Å². The van der Waals surface area contributed by atoms with Crippen LogP contribution in [0.15, 0.2) is 0 Å². The summed E-state index contributed by atoms with van der Waals surface area (Å²) in [6, 6.07) is 0. The van der Waals surface area contributed by atoms with Crippen molar-refractivity contribution >= 4 is 18.0 Å². The second-order valence-corrected chi connectivity index (χ2v) is 4.17. The number of carboxylic acids is 1. The molecule has 0 aromatic rings. The number of imide groups is 1. The van der Waals surface area contributed by atoms with E-state index in [4.69, 9.17) is 9.84 Å². The molecule has 1 atom stereocenters. The van der Waals surface area contributed by atoms with Crippen LogP contribution in [0, 0.1) is 5.92 Å². The van der Waals surface area contributed by atoms with Crippen molar-refractivity contribution in [3.8, 4) is 0 Å². The number of hydrogen-bond acceptors (Lipinski definition) is 4. The molecule has 1 aliphatic heterocycles. The standard InChI is InChI=1S/C10H13NO5/c12-7(13)5-11-9(14)8(16-10(11)15)6-3-1-2-4-6/h6,8H,1-5H2,(H,12,13)/t8-/m0/s1. The van der Waals surface area contributed by atoms with Crippen molar-refractivity contribution in [2.24, 2.45) is 5.92 Å². The summed E-state index contributed by atoms with van der Waals surface area (Å²) in [6.07, 6.45) is 2.21. The van der Waals surface area contributed by atoms with Crippen molar-refractivity contribution in [3.63, 3.8) is 0 Å². The Kier molecular flexibility index (Phi) is 2.80. The Morgan fingerprint density at radius 1 is 1.38 bits per heavy atom. The number of aliphatic carboxylic acids is 1. The first-order chi connectivity index (χ1) is 7.59. The smallest absolute Gasteiger partial charge is 0.417 e. The molecule has 0 unspecified atom stereocenters. The maximum Gasteiger partial charge on any atom is 0.417 e. The Morgan fingerprint density at radius 2 is 2.00 bits per heavy atom. The van der Waals surface area contributed by atoms with Crippen molar-refractivity contribution in [3.05, 3.63) is 0 Å². The van der Waals surface area contributed by atoms with E-state index < -0.39 is 30.6 Å². The lowest BCUT2D eigenvalue weighted by atomic mass is 10.0. The summed E-state index contributed by atoms with van der Waals surface area (Å²) in [6.45, 7) is -0.610. The minimum Gasteiger partial charge on any atom is -0.480 e. The molecule has 0 spiro atoms. The molecule has 1 N–H and O–H groups in total. The molecule has 1 saturated heterocycles. The fourth-order valence-electron chi connectivity index (χ4n) is 2.30. The highest BCUT2D eigenvalue weighted by Crippen LogP contribution is 2.32. The van der Waals surface area contributed by atoms with E-state index in [0.29, 0.717) is 4.90 Å². The molecule has 0 aromatic heterocycles. The molecule has 0 bridgehead atoms. The Labute approximate surface area is 92.2 Å².